The Morgan fingerprint density at radius 3 is 2.79 bits per heavy atom. The molecule has 1 aromatic carbocycles. The highest BCUT2D eigenvalue weighted by Gasteiger charge is 2.40. The van der Waals surface area contributed by atoms with Crippen LogP contribution in [0.15, 0.2) is 41.1 Å². The fraction of sp³-hybridized carbons (Fsp3) is 0.429. The standard InChI is InChI=1S/C28H31FN4O5/c1-14-21(28(35)32-13-22(29)15(32)2)12-33-26(14)23(7-8-30-33)38-18-5-6-20-24(11-18)37-16(3)25(20)27(34)31-17-9-19(10-17)36-4/h5-8,11-12,15,17,19,22,27,31,34H,9-10,13H2,1-4H3/t15?,17?,19?,22-,27?/m0/s1. The van der Waals surface area contributed by atoms with Gasteiger partial charge in [-0.1, -0.05) is 0 Å². The fourth-order valence-electron chi connectivity index (χ4n) is 5.46. The highest BCUT2D eigenvalue weighted by Crippen LogP contribution is 2.37. The molecule has 0 radical (unpaired) electrons. The van der Waals surface area contributed by atoms with Gasteiger partial charge in [0.05, 0.1) is 30.5 Å². The molecule has 200 valence electrons. The molecule has 6 rings (SSSR count). The van der Waals surface area contributed by atoms with Crippen molar-refractivity contribution in [3.8, 4) is 11.5 Å². The largest absolute Gasteiger partial charge is 0.461 e. The molecule has 1 aliphatic carbocycles. The number of methoxy groups -OCH3 is 1. The van der Waals surface area contributed by atoms with E-state index in [0.717, 1.165) is 18.2 Å². The van der Waals surface area contributed by atoms with Crippen LogP contribution in [0.3, 0.4) is 0 Å². The number of carbonyl (C=O) groups excluding carboxylic acids is 1. The highest BCUT2D eigenvalue weighted by molar-refractivity contribution is 5.99. The maximum Gasteiger partial charge on any atom is 0.256 e. The first-order valence-corrected chi connectivity index (χ1v) is 12.8. The van der Waals surface area contributed by atoms with Crippen LogP contribution in [0.25, 0.3) is 16.5 Å². The summed E-state index contributed by atoms with van der Waals surface area (Å²) in [6.45, 7) is 5.48. The first kappa shape index (κ1) is 24.8. The summed E-state index contributed by atoms with van der Waals surface area (Å²) in [5.74, 6) is 1.48. The molecule has 0 bridgehead atoms. The van der Waals surface area contributed by atoms with E-state index >= 15 is 0 Å². The average molecular weight is 523 g/mol. The SMILES string of the molecule is COC1CC(NC(O)c2c(C)oc3cc(Oc4ccnn5cc(C(=O)N6C[C@H](F)C6C)c(C)c45)ccc23)C1. The average Bonchev–Trinajstić information content (AvgIpc) is 3.39. The van der Waals surface area contributed by atoms with E-state index in [-0.39, 0.29) is 24.6 Å². The molecule has 10 heteroatoms. The van der Waals surface area contributed by atoms with E-state index in [1.807, 2.05) is 26.0 Å². The normalized spacial score (nSPS) is 23.9. The first-order chi connectivity index (χ1) is 18.2. The molecule has 9 nitrogen and oxygen atoms in total. The molecule has 3 atom stereocenters. The number of nitrogens with zero attached hydrogens (tertiary/aromatic N) is 3. The molecule has 2 fully saturated rings. The Bertz CT molecular complexity index is 1520. The van der Waals surface area contributed by atoms with Crippen LogP contribution in [0.4, 0.5) is 4.39 Å². The number of benzene rings is 1. The van der Waals surface area contributed by atoms with Gasteiger partial charge in [0, 0.05) is 42.4 Å². The van der Waals surface area contributed by atoms with E-state index in [0.29, 0.717) is 45.0 Å². The molecule has 2 unspecified atom stereocenters. The van der Waals surface area contributed by atoms with Crippen LogP contribution >= 0.6 is 0 Å². The Kier molecular flexibility index (Phi) is 6.13. The second kappa shape index (κ2) is 9.37. The van der Waals surface area contributed by atoms with E-state index in [1.54, 1.807) is 43.1 Å². The summed E-state index contributed by atoms with van der Waals surface area (Å²) in [5, 5.41) is 19.3. The number of alkyl halides is 1. The van der Waals surface area contributed by atoms with Crippen molar-refractivity contribution >= 4 is 22.4 Å². The third kappa shape index (κ3) is 4.03. The lowest BCUT2D eigenvalue weighted by molar-refractivity contribution is -0.00384. The van der Waals surface area contributed by atoms with Gasteiger partial charge in [-0.3, -0.25) is 10.1 Å². The number of aliphatic hydroxyl groups is 1. The van der Waals surface area contributed by atoms with E-state index in [4.69, 9.17) is 13.9 Å². The number of hydrogen-bond donors (Lipinski definition) is 2. The minimum absolute atomic E-state index is 0.103. The van der Waals surface area contributed by atoms with Crippen molar-refractivity contribution in [1.82, 2.24) is 19.8 Å². The van der Waals surface area contributed by atoms with Crippen LogP contribution in [-0.4, -0.2) is 63.5 Å². The highest BCUT2D eigenvalue weighted by atomic mass is 19.1. The van der Waals surface area contributed by atoms with Gasteiger partial charge in [-0.05, 0) is 51.3 Å². The molecule has 0 spiro atoms. The van der Waals surface area contributed by atoms with Crippen molar-refractivity contribution in [3.63, 3.8) is 0 Å². The van der Waals surface area contributed by atoms with Gasteiger partial charge in [-0.25, -0.2) is 8.91 Å². The molecule has 4 heterocycles. The van der Waals surface area contributed by atoms with E-state index < -0.39 is 18.4 Å². The van der Waals surface area contributed by atoms with Crippen molar-refractivity contribution < 1.29 is 28.2 Å². The summed E-state index contributed by atoms with van der Waals surface area (Å²) in [4.78, 5) is 14.6. The summed E-state index contributed by atoms with van der Waals surface area (Å²) in [6.07, 6.45) is 3.38. The molecule has 1 amide bonds. The number of likely N-dealkylation sites (tertiary alicyclic amines) is 1. The Morgan fingerprint density at radius 2 is 2.08 bits per heavy atom. The Hall–Kier alpha value is -3.47. The molecule has 1 saturated carbocycles. The Labute approximate surface area is 219 Å². The van der Waals surface area contributed by atoms with Gasteiger partial charge in [0.1, 0.15) is 35.0 Å². The summed E-state index contributed by atoms with van der Waals surface area (Å²) in [7, 11) is 1.70. The van der Waals surface area contributed by atoms with Crippen molar-refractivity contribution in [2.75, 3.05) is 13.7 Å². The number of furan rings is 1. The first-order valence-electron chi connectivity index (χ1n) is 12.8. The quantitative estimate of drug-likeness (QED) is 0.346. The van der Waals surface area contributed by atoms with Gasteiger partial charge in [0.15, 0.2) is 5.75 Å². The van der Waals surface area contributed by atoms with Crippen LogP contribution in [0, 0.1) is 13.8 Å². The second-order valence-electron chi connectivity index (χ2n) is 10.3. The predicted molar refractivity (Wildman–Crippen MR) is 138 cm³/mol. The van der Waals surface area contributed by atoms with Crippen LogP contribution in [0.2, 0.25) is 0 Å². The third-order valence-electron chi connectivity index (χ3n) is 7.98. The van der Waals surface area contributed by atoms with E-state index in [1.165, 1.54) is 4.90 Å². The van der Waals surface area contributed by atoms with Gasteiger partial charge < -0.3 is 23.9 Å². The number of aryl methyl sites for hydroxylation is 2. The topological polar surface area (TPSA) is 101 Å². The van der Waals surface area contributed by atoms with Crippen LogP contribution in [0.1, 0.15) is 53.2 Å². The van der Waals surface area contributed by atoms with Gasteiger partial charge in [-0.15, -0.1) is 0 Å². The third-order valence-corrected chi connectivity index (χ3v) is 7.98. The Morgan fingerprint density at radius 1 is 1.29 bits per heavy atom. The lowest BCUT2D eigenvalue weighted by Gasteiger charge is -2.41. The molecular formula is C28H31FN4O5. The monoisotopic (exact) mass is 522 g/mol. The summed E-state index contributed by atoms with van der Waals surface area (Å²) < 4.78 is 32.8. The molecule has 3 aromatic heterocycles. The van der Waals surface area contributed by atoms with Crippen LogP contribution < -0.4 is 10.1 Å². The number of ether oxygens (including phenoxy) is 2. The van der Waals surface area contributed by atoms with Gasteiger partial charge in [0.25, 0.3) is 5.91 Å². The maximum atomic E-state index is 13.7. The van der Waals surface area contributed by atoms with Crippen LogP contribution in [0.5, 0.6) is 11.5 Å². The number of hydrogen-bond acceptors (Lipinski definition) is 7. The number of aromatic nitrogens is 2. The minimum atomic E-state index is -0.993. The molecule has 1 saturated heterocycles. The van der Waals surface area contributed by atoms with E-state index in [2.05, 4.69) is 10.4 Å². The van der Waals surface area contributed by atoms with Crippen molar-refractivity contribution in [3.05, 3.63) is 59.1 Å². The van der Waals surface area contributed by atoms with Gasteiger partial charge >= 0.3 is 0 Å². The smallest absolute Gasteiger partial charge is 0.256 e. The van der Waals surface area contributed by atoms with Crippen molar-refractivity contribution in [1.29, 1.82) is 0 Å². The van der Waals surface area contributed by atoms with Gasteiger partial charge in [-0.2, -0.15) is 5.10 Å². The Balaban J connectivity index is 1.26. The zero-order chi connectivity index (χ0) is 26.7. The minimum Gasteiger partial charge on any atom is -0.461 e. The zero-order valence-corrected chi connectivity index (χ0v) is 21.8. The van der Waals surface area contributed by atoms with Crippen molar-refractivity contribution in [2.24, 2.45) is 0 Å². The summed E-state index contributed by atoms with van der Waals surface area (Å²) >= 11 is 0. The second-order valence-corrected chi connectivity index (χ2v) is 10.3. The number of nitrogens with one attached hydrogen (secondary N) is 1. The number of fused-ring (bicyclic) bond motifs is 2. The number of rotatable bonds is 7. The predicted octanol–water partition coefficient (Wildman–Crippen LogP) is 4.43. The maximum absolute atomic E-state index is 13.7. The molecule has 1 aliphatic heterocycles. The number of amides is 1. The zero-order valence-electron chi connectivity index (χ0n) is 21.8. The van der Waals surface area contributed by atoms with Crippen molar-refractivity contribution in [2.45, 2.75) is 64.2 Å². The molecule has 38 heavy (non-hydrogen) atoms. The number of aliphatic hydroxyl groups excluding tert-OH is 1. The molecular weight excluding hydrogens is 491 g/mol. The lowest BCUT2D eigenvalue weighted by atomic mass is 9.89. The molecule has 4 aromatic rings. The molecule has 2 N–H and O–H groups in total. The summed E-state index contributed by atoms with van der Waals surface area (Å²) in [6, 6.07) is 6.97. The van der Waals surface area contributed by atoms with Crippen LogP contribution in [-0.2, 0) is 4.74 Å². The number of halogens is 1. The number of carbonyl (C=O) groups is 1. The fourth-order valence-corrected chi connectivity index (χ4v) is 5.46. The lowest BCUT2D eigenvalue weighted by Crippen LogP contribution is -2.58. The van der Waals surface area contributed by atoms with E-state index in [9.17, 15) is 14.3 Å². The molecule has 2 aliphatic rings. The van der Waals surface area contributed by atoms with Gasteiger partial charge in [0.2, 0.25) is 0 Å². The summed E-state index contributed by atoms with van der Waals surface area (Å²) in [5.41, 5.74) is 3.15.